The Morgan fingerprint density at radius 1 is 0.467 bits per heavy atom. The lowest BCUT2D eigenvalue weighted by atomic mass is 9.99. The van der Waals surface area contributed by atoms with Crippen LogP contribution < -0.4 is 0 Å². The van der Waals surface area contributed by atoms with Crippen molar-refractivity contribution in [2.75, 3.05) is 0 Å². The Hall–Kier alpha value is -3.28. The molecule has 0 N–H and O–H groups in total. The predicted octanol–water partition coefficient (Wildman–Crippen LogP) is 4.43. The van der Waals surface area contributed by atoms with Gasteiger partial charge in [-0.05, 0) is 61.1 Å². The Kier molecular flexibility index (Phi) is 5.74. The number of carbonyl (C=O) groups is 4. The number of cyclic esters (lactones) is 4. The SMILES string of the molecule is O=C1OC(=O)c2cc(CCCCCCCCc3ccc4c(c3)C(=O)OC4=O)ccc21. The molecule has 4 rings (SSSR count). The van der Waals surface area contributed by atoms with Gasteiger partial charge in [-0.3, -0.25) is 0 Å². The summed E-state index contributed by atoms with van der Waals surface area (Å²) in [6, 6.07) is 10.7. The lowest BCUT2D eigenvalue weighted by Crippen LogP contribution is -1.97. The Bertz CT molecular complexity index is 952. The minimum Gasteiger partial charge on any atom is -0.386 e. The lowest BCUT2D eigenvalue weighted by Gasteiger charge is -2.05. The number of fused-ring (bicyclic) bond motifs is 2. The van der Waals surface area contributed by atoms with Crippen molar-refractivity contribution in [1.29, 1.82) is 0 Å². The van der Waals surface area contributed by atoms with Crippen LogP contribution in [0, 0.1) is 0 Å². The predicted molar refractivity (Wildman–Crippen MR) is 107 cm³/mol. The summed E-state index contributed by atoms with van der Waals surface area (Å²) < 4.78 is 9.23. The summed E-state index contributed by atoms with van der Waals surface area (Å²) in [7, 11) is 0. The molecule has 2 heterocycles. The molecule has 0 radical (unpaired) electrons. The standard InChI is InChI=1S/C24H22O6/c25-21-17-11-9-15(13-19(17)23(27)29-21)7-5-3-1-2-4-6-8-16-10-12-18-20(14-16)24(28)30-22(18)26/h9-14H,1-8H2. The number of hydrogen-bond donors (Lipinski definition) is 0. The second-order valence-electron chi connectivity index (χ2n) is 7.74. The van der Waals surface area contributed by atoms with Gasteiger partial charge < -0.3 is 9.47 Å². The normalized spacial score (nSPS) is 14.5. The molecule has 0 unspecified atom stereocenters. The molecule has 0 spiro atoms. The Balaban J connectivity index is 1.13. The number of benzene rings is 2. The van der Waals surface area contributed by atoms with E-state index in [2.05, 4.69) is 9.47 Å². The summed E-state index contributed by atoms with van der Waals surface area (Å²) in [6.45, 7) is 0. The molecule has 0 aromatic heterocycles. The molecule has 30 heavy (non-hydrogen) atoms. The van der Waals surface area contributed by atoms with Crippen molar-refractivity contribution in [3.8, 4) is 0 Å². The number of rotatable bonds is 9. The lowest BCUT2D eigenvalue weighted by molar-refractivity contribution is 0.0425. The molecule has 0 bridgehead atoms. The average Bonchev–Trinajstić information content (AvgIpc) is 3.18. The molecule has 6 heteroatoms. The van der Waals surface area contributed by atoms with Crippen LogP contribution in [0.25, 0.3) is 0 Å². The fraction of sp³-hybridized carbons (Fsp3) is 0.333. The molecule has 2 aliphatic heterocycles. The van der Waals surface area contributed by atoms with Crippen molar-refractivity contribution < 1.29 is 28.7 Å². The highest BCUT2D eigenvalue weighted by Crippen LogP contribution is 2.23. The van der Waals surface area contributed by atoms with Crippen LogP contribution >= 0.6 is 0 Å². The van der Waals surface area contributed by atoms with E-state index in [0.29, 0.717) is 22.3 Å². The van der Waals surface area contributed by atoms with E-state index in [-0.39, 0.29) is 0 Å². The monoisotopic (exact) mass is 406 g/mol. The van der Waals surface area contributed by atoms with Crippen LogP contribution in [-0.4, -0.2) is 23.9 Å². The average molecular weight is 406 g/mol. The van der Waals surface area contributed by atoms with E-state index in [1.54, 1.807) is 24.3 Å². The largest absolute Gasteiger partial charge is 0.386 e. The van der Waals surface area contributed by atoms with Crippen LogP contribution in [0.15, 0.2) is 36.4 Å². The van der Waals surface area contributed by atoms with Gasteiger partial charge in [0.15, 0.2) is 0 Å². The summed E-state index contributed by atoms with van der Waals surface area (Å²) in [5.74, 6) is -2.22. The molecule has 0 aliphatic carbocycles. The first kappa shape index (κ1) is 20.0. The molecule has 0 fully saturated rings. The summed E-state index contributed by atoms with van der Waals surface area (Å²) in [4.78, 5) is 46.2. The summed E-state index contributed by atoms with van der Waals surface area (Å²) >= 11 is 0. The Labute approximate surface area is 174 Å². The van der Waals surface area contributed by atoms with Gasteiger partial charge in [-0.2, -0.15) is 0 Å². The number of esters is 4. The number of hydrogen-bond acceptors (Lipinski definition) is 6. The van der Waals surface area contributed by atoms with Gasteiger partial charge in [0.05, 0.1) is 22.3 Å². The van der Waals surface area contributed by atoms with Gasteiger partial charge in [0.2, 0.25) is 0 Å². The molecular formula is C24H22O6. The topological polar surface area (TPSA) is 86.7 Å². The van der Waals surface area contributed by atoms with Gasteiger partial charge in [0.1, 0.15) is 0 Å². The third-order valence-corrected chi connectivity index (χ3v) is 5.60. The molecule has 6 nitrogen and oxygen atoms in total. The van der Waals surface area contributed by atoms with Crippen LogP contribution in [0.2, 0.25) is 0 Å². The summed E-state index contributed by atoms with van der Waals surface area (Å²) in [6.07, 6.45) is 8.29. The van der Waals surface area contributed by atoms with E-state index in [4.69, 9.17) is 0 Å². The molecule has 2 aliphatic rings. The molecule has 0 amide bonds. The van der Waals surface area contributed by atoms with Crippen LogP contribution in [0.4, 0.5) is 0 Å². The third kappa shape index (κ3) is 4.17. The quantitative estimate of drug-likeness (QED) is 0.348. The van der Waals surface area contributed by atoms with Gasteiger partial charge in [-0.15, -0.1) is 0 Å². The van der Waals surface area contributed by atoms with Crippen molar-refractivity contribution in [3.05, 3.63) is 69.8 Å². The zero-order valence-corrected chi connectivity index (χ0v) is 16.6. The molecule has 2 aromatic carbocycles. The minimum atomic E-state index is -0.560. The highest BCUT2D eigenvalue weighted by atomic mass is 16.6. The van der Waals surface area contributed by atoms with E-state index >= 15 is 0 Å². The summed E-state index contributed by atoms with van der Waals surface area (Å²) in [5, 5.41) is 0. The first-order valence-corrected chi connectivity index (χ1v) is 10.3. The first-order valence-electron chi connectivity index (χ1n) is 10.3. The van der Waals surface area contributed by atoms with E-state index < -0.39 is 23.9 Å². The van der Waals surface area contributed by atoms with E-state index in [1.165, 1.54) is 0 Å². The minimum absolute atomic E-state index is 0.357. The van der Waals surface area contributed by atoms with Gasteiger partial charge in [-0.25, -0.2) is 19.2 Å². The maximum absolute atomic E-state index is 11.6. The van der Waals surface area contributed by atoms with Gasteiger partial charge in [0, 0.05) is 0 Å². The van der Waals surface area contributed by atoms with Crippen molar-refractivity contribution in [2.45, 2.75) is 51.4 Å². The van der Waals surface area contributed by atoms with E-state index in [1.807, 2.05) is 12.1 Å². The van der Waals surface area contributed by atoms with Crippen LogP contribution in [0.1, 0.15) is 91.1 Å². The molecular weight excluding hydrogens is 384 g/mol. The Morgan fingerprint density at radius 2 is 0.833 bits per heavy atom. The second kappa shape index (κ2) is 8.61. The first-order chi connectivity index (χ1) is 14.5. The van der Waals surface area contributed by atoms with Crippen molar-refractivity contribution in [2.24, 2.45) is 0 Å². The van der Waals surface area contributed by atoms with Crippen LogP contribution in [0.3, 0.4) is 0 Å². The van der Waals surface area contributed by atoms with Crippen molar-refractivity contribution >= 4 is 23.9 Å². The highest BCUT2D eigenvalue weighted by Gasteiger charge is 2.30. The highest BCUT2D eigenvalue weighted by molar-refractivity contribution is 6.15. The zero-order chi connectivity index (χ0) is 21.1. The second-order valence-corrected chi connectivity index (χ2v) is 7.74. The Morgan fingerprint density at radius 3 is 1.27 bits per heavy atom. The summed E-state index contributed by atoms with van der Waals surface area (Å²) in [5.41, 5.74) is 3.57. The molecule has 2 aromatic rings. The van der Waals surface area contributed by atoms with Gasteiger partial charge in [0.25, 0.3) is 0 Å². The maximum Gasteiger partial charge on any atom is 0.346 e. The van der Waals surface area contributed by atoms with Gasteiger partial charge >= 0.3 is 23.9 Å². The van der Waals surface area contributed by atoms with Crippen LogP contribution in [-0.2, 0) is 22.3 Å². The molecule has 154 valence electrons. The molecule has 0 saturated carbocycles. The van der Waals surface area contributed by atoms with E-state index in [0.717, 1.165) is 62.5 Å². The number of unbranched alkanes of at least 4 members (excludes halogenated alkanes) is 5. The number of aryl methyl sites for hydroxylation is 2. The third-order valence-electron chi connectivity index (χ3n) is 5.60. The molecule has 0 atom stereocenters. The number of ether oxygens (including phenoxy) is 2. The van der Waals surface area contributed by atoms with Crippen molar-refractivity contribution in [1.82, 2.24) is 0 Å². The fourth-order valence-corrected chi connectivity index (χ4v) is 3.94. The molecule has 0 saturated heterocycles. The fourth-order valence-electron chi connectivity index (χ4n) is 3.94. The van der Waals surface area contributed by atoms with Crippen LogP contribution in [0.5, 0.6) is 0 Å². The smallest absolute Gasteiger partial charge is 0.346 e. The maximum atomic E-state index is 11.6. The van der Waals surface area contributed by atoms with Gasteiger partial charge in [-0.1, -0.05) is 37.8 Å². The van der Waals surface area contributed by atoms with E-state index in [9.17, 15) is 19.2 Å². The zero-order valence-electron chi connectivity index (χ0n) is 16.6. The van der Waals surface area contributed by atoms with Crippen molar-refractivity contribution in [3.63, 3.8) is 0 Å². The number of carbonyl (C=O) groups excluding carboxylic acids is 4.